The number of piperidine rings is 2. The van der Waals surface area contributed by atoms with E-state index in [1.165, 1.54) is 12.3 Å². The van der Waals surface area contributed by atoms with Gasteiger partial charge in [-0.05, 0) is 49.4 Å². The number of carbonyl (C=O) groups excluding carboxylic acids is 2. The van der Waals surface area contributed by atoms with Gasteiger partial charge in [0.15, 0.2) is 0 Å². The Morgan fingerprint density at radius 3 is 2.50 bits per heavy atom. The molecule has 0 bridgehead atoms. The van der Waals surface area contributed by atoms with E-state index in [-0.39, 0.29) is 36.0 Å². The molecule has 4 heterocycles. The lowest BCUT2D eigenvalue weighted by molar-refractivity contribution is -0.139. The highest BCUT2D eigenvalue weighted by molar-refractivity contribution is 5.81. The number of halogens is 3. The van der Waals surface area contributed by atoms with Crippen molar-refractivity contribution >= 4 is 17.6 Å². The molecule has 2 aliphatic rings. The van der Waals surface area contributed by atoms with Crippen LogP contribution < -0.4 is 10.2 Å². The summed E-state index contributed by atoms with van der Waals surface area (Å²) in [5.74, 6) is -0.742. The van der Waals surface area contributed by atoms with Crippen LogP contribution in [0.15, 0.2) is 42.9 Å². The molecule has 2 aromatic heterocycles. The fourth-order valence-corrected chi connectivity index (χ4v) is 4.70. The Bertz CT molecular complexity index is 994. The molecule has 1 N–H and O–H groups in total. The monoisotopic (exact) mass is 475 g/mol. The van der Waals surface area contributed by atoms with Crippen LogP contribution in [0.5, 0.6) is 0 Å². The van der Waals surface area contributed by atoms with Gasteiger partial charge in [0, 0.05) is 57.2 Å². The molecular formula is C24H28F3N5O2. The first-order valence-electron chi connectivity index (χ1n) is 11.6. The second-order valence-electron chi connectivity index (χ2n) is 8.84. The average molecular weight is 476 g/mol. The number of nitrogens with zero attached hydrogens (tertiary/aromatic N) is 4. The van der Waals surface area contributed by atoms with Gasteiger partial charge in [-0.3, -0.25) is 14.6 Å². The van der Waals surface area contributed by atoms with Gasteiger partial charge in [0.1, 0.15) is 5.82 Å². The molecule has 2 saturated heterocycles. The largest absolute Gasteiger partial charge is 0.419 e. The summed E-state index contributed by atoms with van der Waals surface area (Å²) in [6.07, 6.45) is 2.62. The number of amides is 2. The molecule has 1 unspecified atom stereocenters. The van der Waals surface area contributed by atoms with E-state index < -0.39 is 11.7 Å². The topological polar surface area (TPSA) is 78.4 Å². The Balaban J connectivity index is 1.31. The van der Waals surface area contributed by atoms with Crippen LogP contribution >= 0.6 is 0 Å². The molecule has 2 aromatic rings. The summed E-state index contributed by atoms with van der Waals surface area (Å²) in [4.78, 5) is 37.0. The second-order valence-corrected chi connectivity index (χ2v) is 8.84. The SMILES string of the molecule is O=C(NCc1cccnc1)C1CCN(C(=O)C2CCCN(c3ncccc3C(F)(F)F)C2)CC1. The van der Waals surface area contributed by atoms with E-state index >= 15 is 0 Å². The van der Waals surface area contributed by atoms with Crippen LogP contribution in [-0.4, -0.2) is 52.9 Å². The minimum absolute atomic E-state index is 0.0328. The van der Waals surface area contributed by atoms with Crippen molar-refractivity contribution in [2.45, 2.75) is 38.4 Å². The molecule has 2 fully saturated rings. The van der Waals surface area contributed by atoms with Crippen LogP contribution in [0.25, 0.3) is 0 Å². The van der Waals surface area contributed by atoms with Gasteiger partial charge in [-0.15, -0.1) is 0 Å². The van der Waals surface area contributed by atoms with E-state index in [0.717, 1.165) is 11.6 Å². The lowest BCUT2D eigenvalue weighted by atomic mass is 9.92. The summed E-state index contributed by atoms with van der Waals surface area (Å²) in [5, 5.41) is 2.93. The van der Waals surface area contributed by atoms with Crippen molar-refractivity contribution in [3.05, 3.63) is 54.0 Å². The Morgan fingerprint density at radius 1 is 1.03 bits per heavy atom. The molecule has 7 nitrogen and oxygen atoms in total. The fraction of sp³-hybridized carbons (Fsp3) is 0.500. The molecule has 1 atom stereocenters. The predicted octanol–water partition coefficient (Wildman–Crippen LogP) is 3.27. The van der Waals surface area contributed by atoms with Crippen LogP contribution in [0.3, 0.4) is 0 Å². The second kappa shape index (κ2) is 10.4. The molecule has 0 aromatic carbocycles. The van der Waals surface area contributed by atoms with E-state index in [1.54, 1.807) is 22.2 Å². The number of aromatic nitrogens is 2. The summed E-state index contributed by atoms with van der Waals surface area (Å²) < 4.78 is 40.3. The smallest absolute Gasteiger partial charge is 0.355 e. The molecular weight excluding hydrogens is 447 g/mol. The van der Waals surface area contributed by atoms with Gasteiger partial charge >= 0.3 is 6.18 Å². The number of pyridine rings is 2. The zero-order valence-corrected chi connectivity index (χ0v) is 18.8. The van der Waals surface area contributed by atoms with Crippen molar-refractivity contribution in [1.82, 2.24) is 20.2 Å². The summed E-state index contributed by atoms with van der Waals surface area (Å²) in [7, 11) is 0. The first-order chi connectivity index (χ1) is 16.3. The average Bonchev–Trinajstić information content (AvgIpc) is 2.87. The molecule has 34 heavy (non-hydrogen) atoms. The first-order valence-corrected chi connectivity index (χ1v) is 11.6. The van der Waals surface area contributed by atoms with Crippen LogP contribution in [0.1, 0.15) is 36.8 Å². The molecule has 4 rings (SSSR count). The third-order valence-corrected chi connectivity index (χ3v) is 6.53. The number of rotatable bonds is 5. The highest BCUT2D eigenvalue weighted by atomic mass is 19.4. The van der Waals surface area contributed by atoms with E-state index in [0.29, 0.717) is 51.9 Å². The minimum Gasteiger partial charge on any atom is -0.355 e. The van der Waals surface area contributed by atoms with Gasteiger partial charge < -0.3 is 15.1 Å². The third kappa shape index (κ3) is 5.66. The number of carbonyl (C=O) groups is 2. The van der Waals surface area contributed by atoms with Crippen molar-refractivity contribution in [3.63, 3.8) is 0 Å². The number of likely N-dealkylation sites (tertiary alicyclic amines) is 1. The Kier molecular flexibility index (Phi) is 7.33. The van der Waals surface area contributed by atoms with Gasteiger partial charge in [0.2, 0.25) is 11.8 Å². The van der Waals surface area contributed by atoms with Crippen LogP contribution in [0.4, 0.5) is 19.0 Å². The Hall–Kier alpha value is -3.17. The van der Waals surface area contributed by atoms with Crippen LogP contribution in [0, 0.1) is 11.8 Å². The predicted molar refractivity (Wildman–Crippen MR) is 120 cm³/mol. The van der Waals surface area contributed by atoms with Gasteiger partial charge in [-0.1, -0.05) is 6.07 Å². The normalized spacial score (nSPS) is 19.7. The number of hydrogen-bond donors (Lipinski definition) is 1. The summed E-state index contributed by atoms with van der Waals surface area (Å²) in [6.45, 7) is 2.00. The molecule has 0 saturated carbocycles. The lowest BCUT2D eigenvalue weighted by Crippen LogP contribution is -2.49. The summed E-state index contributed by atoms with van der Waals surface area (Å²) >= 11 is 0. The quantitative estimate of drug-likeness (QED) is 0.718. The van der Waals surface area contributed by atoms with E-state index in [2.05, 4.69) is 15.3 Å². The van der Waals surface area contributed by atoms with E-state index in [9.17, 15) is 22.8 Å². The molecule has 2 aliphatic heterocycles. The molecule has 0 aliphatic carbocycles. The number of nitrogens with one attached hydrogen (secondary N) is 1. The van der Waals surface area contributed by atoms with Crippen LogP contribution in [-0.2, 0) is 22.3 Å². The molecule has 10 heteroatoms. The maximum atomic E-state index is 13.4. The number of hydrogen-bond acceptors (Lipinski definition) is 5. The zero-order valence-electron chi connectivity index (χ0n) is 18.8. The Labute approximate surface area is 196 Å². The molecule has 182 valence electrons. The van der Waals surface area contributed by atoms with Crippen molar-refractivity contribution < 1.29 is 22.8 Å². The highest BCUT2D eigenvalue weighted by Crippen LogP contribution is 2.36. The zero-order chi connectivity index (χ0) is 24.1. The van der Waals surface area contributed by atoms with Crippen molar-refractivity contribution in [2.24, 2.45) is 11.8 Å². The van der Waals surface area contributed by atoms with Gasteiger partial charge in [-0.25, -0.2) is 4.98 Å². The van der Waals surface area contributed by atoms with Gasteiger partial charge in [-0.2, -0.15) is 13.2 Å². The van der Waals surface area contributed by atoms with Crippen molar-refractivity contribution in [3.8, 4) is 0 Å². The Morgan fingerprint density at radius 2 is 1.79 bits per heavy atom. The summed E-state index contributed by atoms with van der Waals surface area (Å²) in [5.41, 5.74) is 0.146. The maximum Gasteiger partial charge on any atom is 0.419 e. The number of anilines is 1. The third-order valence-electron chi connectivity index (χ3n) is 6.53. The number of alkyl halides is 3. The van der Waals surface area contributed by atoms with Crippen molar-refractivity contribution in [2.75, 3.05) is 31.1 Å². The molecule has 2 amide bonds. The summed E-state index contributed by atoms with van der Waals surface area (Å²) in [6, 6.07) is 6.01. The molecule has 0 spiro atoms. The van der Waals surface area contributed by atoms with E-state index in [4.69, 9.17) is 0 Å². The standard InChI is InChI=1S/C24H28F3N5O2/c25-24(26,27)20-6-2-10-29-21(20)32-11-3-5-19(16-32)23(34)31-12-7-18(8-13-31)22(33)30-15-17-4-1-9-28-14-17/h1-2,4,6,9-10,14,18-19H,3,5,7-8,11-13,15-16H2,(H,30,33). The fourth-order valence-electron chi connectivity index (χ4n) is 4.70. The molecule has 0 radical (unpaired) electrons. The van der Waals surface area contributed by atoms with Crippen LogP contribution in [0.2, 0.25) is 0 Å². The lowest BCUT2D eigenvalue weighted by Gasteiger charge is -2.38. The minimum atomic E-state index is -4.50. The van der Waals surface area contributed by atoms with Gasteiger partial charge in [0.25, 0.3) is 0 Å². The first kappa shape index (κ1) is 24.0. The van der Waals surface area contributed by atoms with E-state index in [1.807, 2.05) is 12.1 Å². The maximum absolute atomic E-state index is 13.4. The van der Waals surface area contributed by atoms with Crippen molar-refractivity contribution in [1.29, 1.82) is 0 Å². The van der Waals surface area contributed by atoms with Gasteiger partial charge in [0.05, 0.1) is 11.5 Å². The highest BCUT2D eigenvalue weighted by Gasteiger charge is 2.38.